The molecule has 2 aromatic rings. The van der Waals surface area contributed by atoms with Crippen molar-refractivity contribution in [3.8, 4) is 0 Å². The summed E-state index contributed by atoms with van der Waals surface area (Å²) in [6, 6.07) is 12.9. The average Bonchev–Trinajstić information content (AvgIpc) is 3.14. The van der Waals surface area contributed by atoms with Gasteiger partial charge in [-0.05, 0) is 61.1 Å². The number of hydrogen-bond acceptors (Lipinski definition) is 6. The van der Waals surface area contributed by atoms with Crippen LogP contribution in [-0.4, -0.2) is 49.0 Å². The Kier molecular flexibility index (Phi) is 35.5. The van der Waals surface area contributed by atoms with E-state index in [-0.39, 0.29) is 32.8 Å². The van der Waals surface area contributed by atoms with Crippen molar-refractivity contribution in [3.05, 3.63) is 59.7 Å². The number of benzene rings is 2. The van der Waals surface area contributed by atoms with Crippen molar-refractivity contribution in [1.82, 2.24) is 0 Å². The van der Waals surface area contributed by atoms with Crippen LogP contribution in [-0.2, 0) is 33.1 Å². The minimum absolute atomic E-state index is 0. The Hall–Kier alpha value is -0.974. The molecule has 0 bridgehead atoms. The van der Waals surface area contributed by atoms with E-state index in [9.17, 15) is 25.9 Å². The largest absolute Gasteiger partial charge is 2.00 e. The Balaban J connectivity index is 0.00000104. The van der Waals surface area contributed by atoms with E-state index in [0.717, 1.165) is 36.8 Å². The van der Waals surface area contributed by atoms with Gasteiger partial charge in [-0.15, -0.1) is 0 Å². The Morgan fingerprint density at radius 2 is 0.582 bits per heavy atom. The molecular formula is C46H78MgO6S2. The van der Waals surface area contributed by atoms with Gasteiger partial charge in [-0.25, -0.2) is 16.8 Å². The molecule has 312 valence electrons. The molecule has 0 heterocycles. The Morgan fingerprint density at radius 3 is 0.800 bits per heavy atom. The summed E-state index contributed by atoms with van der Waals surface area (Å²) in [7, 11) is -8.67. The summed E-state index contributed by atoms with van der Waals surface area (Å²) >= 11 is 0. The van der Waals surface area contributed by atoms with Crippen LogP contribution in [0.2, 0.25) is 0 Å². The standard InChI is InChI=1S/2C23H40O3S.Mg/c2*1-2-3-4-5-6-7-8-9-10-11-12-13-14-15-16-18-22-19-17-20-23(21-22)27(24,25)26;/h2*17,19-21H,2-16,18H2,1H3,(H,24,25,26);/q;;+2/p-2. The van der Waals surface area contributed by atoms with Crippen molar-refractivity contribution in [2.24, 2.45) is 0 Å². The summed E-state index contributed by atoms with van der Waals surface area (Å²) in [5.74, 6) is 0. The van der Waals surface area contributed by atoms with Crippen molar-refractivity contribution >= 4 is 43.3 Å². The number of aryl methyl sites for hydroxylation is 2. The quantitative estimate of drug-likeness (QED) is 0.0395. The zero-order chi connectivity index (χ0) is 39.6. The number of hydrogen-bond donors (Lipinski definition) is 0. The maximum absolute atomic E-state index is 11.0. The molecule has 0 saturated carbocycles. The second-order valence-corrected chi connectivity index (χ2v) is 18.4. The van der Waals surface area contributed by atoms with Gasteiger partial charge in [0, 0.05) is 0 Å². The summed E-state index contributed by atoms with van der Waals surface area (Å²) in [6.07, 6.45) is 41.8. The molecule has 0 aliphatic rings. The van der Waals surface area contributed by atoms with Gasteiger partial charge in [0.05, 0.1) is 9.79 Å². The Bertz CT molecular complexity index is 1270. The van der Waals surface area contributed by atoms with E-state index in [1.165, 1.54) is 204 Å². The molecule has 55 heavy (non-hydrogen) atoms. The average molecular weight is 816 g/mol. The van der Waals surface area contributed by atoms with Gasteiger partial charge >= 0.3 is 23.1 Å². The zero-order valence-electron chi connectivity index (χ0n) is 35.2. The van der Waals surface area contributed by atoms with Gasteiger partial charge in [0.15, 0.2) is 0 Å². The van der Waals surface area contributed by atoms with Gasteiger partial charge in [0.2, 0.25) is 0 Å². The summed E-state index contributed by atoms with van der Waals surface area (Å²) in [6.45, 7) is 4.53. The predicted molar refractivity (Wildman–Crippen MR) is 232 cm³/mol. The molecule has 0 spiro atoms. The normalized spacial score (nSPS) is 11.6. The van der Waals surface area contributed by atoms with Crippen LogP contribution in [0.3, 0.4) is 0 Å². The monoisotopic (exact) mass is 815 g/mol. The molecule has 6 nitrogen and oxygen atoms in total. The van der Waals surface area contributed by atoms with E-state index in [4.69, 9.17) is 0 Å². The molecular weight excluding hydrogens is 737 g/mol. The van der Waals surface area contributed by atoms with Gasteiger partial charge in [-0.3, -0.25) is 0 Å². The van der Waals surface area contributed by atoms with E-state index in [1.807, 2.05) is 12.1 Å². The third-order valence-electron chi connectivity index (χ3n) is 10.5. The molecule has 0 aromatic heterocycles. The molecule has 0 fully saturated rings. The summed E-state index contributed by atoms with van der Waals surface area (Å²) in [4.78, 5) is -0.220. The van der Waals surface area contributed by atoms with Crippen LogP contribution in [0.1, 0.15) is 218 Å². The van der Waals surface area contributed by atoms with Crippen LogP contribution < -0.4 is 0 Å². The zero-order valence-corrected chi connectivity index (χ0v) is 38.3. The molecule has 0 aliphatic heterocycles. The summed E-state index contributed by atoms with van der Waals surface area (Å²) in [5.41, 5.74) is 1.89. The first-order valence-corrected chi connectivity index (χ1v) is 25.0. The van der Waals surface area contributed by atoms with E-state index in [2.05, 4.69) is 13.8 Å². The maximum Gasteiger partial charge on any atom is 2.00 e. The van der Waals surface area contributed by atoms with Crippen LogP contribution in [0.15, 0.2) is 58.3 Å². The van der Waals surface area contributed by atoms with E-state index >= 15 is 0 Å². The van der Waals surface area contributed by atoms with E-state index < -0.39 is 20.2 Å². The minimum atomic E-state index is -4.34. The van der Waals surface area contributed by atoms with E-state index in [1.54, 1.807) is 12.1 Å². The number of unbranched alkanes of at least 4 members (excludes halogenated alkanes) is 28. The van der Waals surface area contributed by atoms with E-state index in [0.29, 0.717) is 0 Å². The third-order valence-corrected chi connectivity index (χ3v) is 12.2. The fourth-order valence-corrected chi connectivity index (χ4v) is 8.20. The van der Waals surface area contributed by atoms with Crippen LogP contribution >= 0.6 is 0 Å². The third kappa shape index (κ3) is 32.7. The first-order chi connectivity index (χ1) is 26.1. The van der Waals surface area contributed by atoms with Crippen LogP contribution in [0.5, 0.6) is 0 Å². The molecule has 0 saturated heterocycles. The molecule has 9 heteroatoms. The predicted octanol–water partition coefficient (Wildman–Crippen LogP) is 13.6. The fourth-order valence-electron chi connectivity index (χ4n) is 7.11. The molecule has 2 rings (SSSR count). The first kappa shape index (κ1) is 54.0. The van der Waals surface area contributed by atoms with Gasteiger partial charge < -0.3 is 9.11 Å². The molecule has 0 radical (unpaired) electrons. The molecule has 0 amide bonds. The minimum Gasteiger partial charge on any atom is -0.744 e. The Labute approximate surface area is 355 Å². The van der Waals surface area contributed by atoms with Gasteiger partial charge in [0.1, 0.15) is 20.2 Å². The first-order valence-electron chi connectivity index (χ1n) is 22.2. The molecule has 0 N–H and O–H groups in total. The molecule has 0 atom stereocenters. The summed E-state index contributed by atoms with van der Waals surface area (Å²) in [5, 5.41) is 0. The second kappa shape index (κ2) is 36.1. The second-order valence-electron chi connectivity index (χ2n) is 15.6. The van der Waals surface area contributed by atoms with Gasteiger partial charge in [-0.1, -0.05) is 218 Å². The van der Waals surface area contributed by atoms with Crippen molar-refractivity contribution < 1.29 is 25.9 Å². The van der Waals surface area contributed by atoms with Crippen molar-refractivity contribution in [2.45, 2.75) is 229 Å². The SMILES string of the molecule is CCCCCCCCCCCCCCCCCc1cccc(S(=O)(=O)[O-])c1.CCCCCCCCCCCCCCCCCc1cccc(S(=O)(=O)[O-])c1.[Mg+2]. The van der Waals surface area contributed by atoms with Crippen molar-refractivity contribution in [1.29, 1.82) is 0 Å². The topological polar surface area (TPSA) is 114 Å². The molecule has 2 aromatic carbocycles. The smallest absolute Gasteiger partial charge is 0.744 e. The number of rotatable bonds is 34. The van der Waals surface area contributed by atoms with Crippen LogP contribution in [0, 0.1) is 0 Å². The maximum atomic E-state index is 11.0. The van der Waals surface area contributed by atoms with Crippen LogP contribution in [0.25, 0.3) is 0 Å². The van der Waals surface area contributed by atoms with Crippen molar-refractivity contribution in [2.75, 3.05) is 0 Å². The summed E-state index contributed by atoms with van der Waals surface area (Å²) < 4.78 is 66.3. The van der Waals surface area contributed by atoms with Gasteiger partial charge in [-0.2, -0.15) is 0 Å². The molecule has 0 aliphatic carbocycles. The van der Waals surface area contributed by atoms with Gasteiger partial charge in [0.25, 0.3) is 0 Å². The fraction of sp³-hybridized carbons (Fsp3) is 0.739. The van der Waals surface area contributed by atoms with Crippen LogP contribution in [0.4, 0.5) is 0 Å². The molecule has 0 unspecified atom stereocenters. The Morgan fingerprint density at radius 1 is 0.364 bits per heavy atom. The van der Waals surface area contributed by atoms with Crippen molar-refractivity contribution in [3.63, 3.8) is 0 Å².